The highest BCUT2D eigenvalue weighted by molar-refractivity contribution is 5.81. The van der Waals surface area contributed by atoms with Crippen LogP contribution in [-0.4, -0.2) is 84.9 Å². The molecule has 3 N–H and O–H groups in total. The van der Waals surface area contributed by atoms with Crippen LogP contribution in [0.1, 0.15) is 62.3 Å². The molecule has 41 heavy (non-hydrogen) atoms. The lowest BCUT2D eigenvalue weighted by Crippen LogP contribution is -2.48. The van der Waals surface area contributed by atoms with E-state index in [0.29, 0.717) is 18.7 Å². The molecule has 9 nitrogen and oxygen atoms in total. The van der Waals surface area contributed by atoms with Crippen LogP contribution in [0.4, 0.5) is 11.5 Å². The molecular formula is C32H45N5O4. The minimum Gasteiger partial charge on any atom is -0.481 e. The number of amides is 1. The Hall–Kier alpha value is -3.17. The molecule has 222 valence electrons. The highest BCUT2D eigenvalue weighted by atomic mass is 16.5. The Kier molecular flexibility index (Phi) is 9.45. The molecule has 0 unspecified atom stereocenters. The number of piperidine rings is 1. The summed E-state index contributed by atoms with van der Waals surface area (Å²) in [6.45, 7) is 9.98. The summed E-state index contributed by atoms with van der Waals surface area (Å²) in [5.74, 6) is -0.854. The summed E-state index contributed by atoms with van der Waals surface area (Å²) in [5.41, 5.74) is 3.86. The molecule has 2 saturated heterocycles. The summed E-state index contributed by atoms with van der Waals surface area (Å²) < 4.78 is 5.83. The Morgan fingerprint density at radius 3 is 2.93 bits per heavy atom. The molecule has 9 heteroatoms. The first-order valence-corrected chi connectivity index (χ1v) is 15.2. The van der Waals surface area contributed by atoms with Crippen LogP contribution in [0.3, 0.4) is 0 Å². The lowest BCUT2D eigenvalue weighted by molar-refractivity contribution is -0.138. The van der Waals surface area contributed by atoms with Gasteiger partial charge in [0.2, 0.25) is 5.91 Å². The van der Waals surface area contributed by atoms with Gasteiger partial charge in [-0.2, -0.15) is 0 Å². The molecule has 3 aliphatic heterocycles. The third-order valence-corrected chi connectivity index (χ3v) is 8.58. The Labute approximate surface area is 243 Å². The molecule has 0 aliphatic carbocycles. The Morgan fingerprint density at radius 2 is 2.10 bits per heavy atom. The average Bonchev–Trinajstić information content (AvgIpc) is 2.97. The molecule has 1 amide bonds. The zero-order valence-electron chi connectivity index (χ0n) is 24.5. The van der Waals surface area contributed by atoms with Crippen molar-refractivity contribution < 1.29 is 19.4 Å². The summed E-state index contributed by atoms with van der Waals surface area (Å²) >= 11 is 0. The van der Waals surface area contributed by atoms with Crippen molar-refractivity contribution in [2.75, 3.05) is 62.6 Å². The number of carboxylic acid groups (broad SMARTS) is 1. The Balaban J connectivity index is 1.11. The zero-order chi connectivity index (χ0) is 28.8. The van der Waals surface area contributed by atoms with Gasteiger partial charge in [-0.15, -0.1) is 0 Å². The second kappa shape index (κ2) is 13.2. The van der Waals surface area contributed by atoms with Crippen LogP contribution in [0.15, 0.2) is 36.4 Å². The first kappa shape index (κ1) is 29.3. The molecule has 4 heterocycles. The van der Waals surface area contributed by atoms with Crippen molar-refractivity contribution >= 4 is 23.4 Å². The van der Waals surface area contributed by atoms with Crippen LogP contribution in [0.5, 0.6) is 0 Å². The van der Waals surface area contributed by atoms with Crippen molar-refractivity contribution in [3.05, 3.63) is 53.2 Å². The van der Waals surface area contributed by atoms with Crippen molar-refractivity contribution in [2.24, 2.45) is 5.92 Å². The molecule has 0 radical (unpaired) electrons. The normalized spacial score (nSPS) is 21.4. The molecular weight excluding hydrogens is 518 g/mol. The van der Waals surface area contributed by atoms with Gasteiger partial charge in [-0.25, -0.2) is 4.98 Å². The molecule has 0 bridgehead atoms. The predicted octanol–water partition coefficient (Wildman–Crippen LogP) is 3.68. The van der Waals surface area contributed by atoms with E-state index in [1.807, 2.05) is 24.3 Å². The molecule has 2 atom stereocenters. The van der Waals surface area contributed by atoms with Crippen molar-refractivity contribution in [3.63, 3.8) is 0 Å². The van der Waals surface area contributed by atoms with Crippen molar-refractivity contribution in [1.29, 1.82) is 0 Å². The number of aryl methyl sites for hydroxylation is 2. The number of nitrogens with one attached hydrogen (secondary N) is 2. The number of ether oxygens (including phenoxy) is 1. The molecule has 0 spiro atoms. The van der Waals surface area contributed by atoms with Gasteiger partial charge in [-0.05, 0) is 94.8 Å². The maximum absolute atomic E-state index is 13.1. The van der Waals surface area contributed by atoms with Gasteiger partial charge in [0.1, 0.15) is 5.82 Å². The zero-order valence-corrected chi connectivity index (χ0v) is 24.5. The van der Waals surface area contributed by atoms with E-state index in [1.165, 1.54) is 5.56 Å². The smallest absolute Gasteiger partial charge is 0.312 e. The number of rotatable bonds is 10. The van der Waals surface area contributed by atoms with Crippen molar-refractivity contribution in [1.82, 2.24) is 15.2 Å². The molecule has 0 saturated carbocycles. The molecule has 5 rings (SSSR count). The number of fused-ring (bicyclic) bond motifs is 1. The van der Waals surface area contributed by atoms with Crippen LogP contribution in [0.25, 0.3) is 0 Å². The Bertz CT molecular complexity index is 1220. The van der Waals surface area contributed by atoms with Gasteiger partial charge in [0.15, 0.2) is 0 Å². The van der Waals surface area contributed by atoms with Crippen LogP contribution < -0.4 is 15.5 Å². The van der Waals surface area contributed by atoms with Crippen molar-refractivity contribution in [3.8, 4) is 0 Å². The van der Waals surface area contributed by atoms with Gasteiger partial charge in [0.25, 0.3) is 0 Å². The maximum atomic E-state index is 13.1. The van der Waals surface area contributed by atoms with E-state index < -0.39 is 11.9 Å². The SMILES string of the molecule is CC1(C)CN(c2cccc([C@H](CNC(=O)[C@@H]3CCCN(CCCc4ccc5c(n4)NCCC5)C3)C(=O)O)c2)CCO1. The quantitative estimate of drug-likeness (QED) is 0.402. The van der Waals surface area contributed by atoms with E-state index in [4.69, 9.17) is 9.72 Å². The standard InChI is InChI=1S/C32H45N5O4/c1-32(2)22-37(17-18-41-32)27-11-3-7-24(19-27)28(31(39)40)20-34-30(38)25-9-5-15-36(21-25)16-6-10-26-13-12-23-8-4-14-33-29(23)35-26/h3,7,11-13,19,25,28H,4-6,8-10,14-18,20-22H2,1-2H3,(H,33,35)(H,34,38)(H,39,40)/t25-,28+/m1/s1. The molecule has 3 aliphatic rings. The largest absolute Gasteiger partial charge is 0.481 e. The van der Waals surface area contributed by atoms with E-state index in [1.54, 1.807) is 0 Å². The third-order valence-electron chi connectivity index (χ3n) is 8.58. The fourth-order valence-corrected chi connectivity index (χ4v) is 6.33. The van der Waals surface area contributed by atoms with E-state index in [9.17, 15) is 14.7 Å². The number of pyridine rings is 1. The van der Waals surface area contributed by atoms with E-state index >= 15 is 0 Å². The van der Waals surface area contributed by atoms with Gasteiger partial charge in [0, 0.05) is 44.1 Å². The summed E-state index contributed by atoms with van der Waals surface area (Å²) in [6, 6.07) is 12.1. The number of hydrogen-bond donors (Lipinski definition) is 3. The maximum Gasteiger partial charge on any atom is 0.312 e. The van der Waals surface area contributed by atoms with Crippen LogP contribution in [-0.2, 0) is 27.2 Å². The van der Waals surface area contributed by atoms with Gasteiger partial charge in [0.05, 0.1) is 24.0 Å². The van der Waals surface area contributed by atoms with Crippen molar-refractivity contribution in [2.45, 2.75) is 63.9 Å². The van der Waals surface area contributed by atoms with E-state index in [0.717, 1.165) is 88.4 Å². The number of hydrogen-bond acceptors (Lipinski definition) is 7. The third kappa shape index (κ3) is 7.77. The van der Waals surface area contributed by atoms with Gasteiger partial charge in [-0.1, -0.05) is 18.2 Å². The number of carbonyl (C=O) groups excluding carboxylic acids is 1. The summed E-state index contributed by atoms with van der Waals surface area (Å²) in [4.78, 5) is 34.8. The monoisotopic (exact) mass is 563 g/mol. The predicted molar refractivity (Wildman–Crippen MR) is 161 cm³/mol. The number of likely N-dealkylation sites (tertiary alicyclic amines) is 1. The van der Waals surface area contributed by atoms with E-state index in [-0.39, 0.29) is 24.0 Å². The highest BCUT2D eigenvalue weighted by Gasteiger charge is 2.30. The number of benzene rings is 1. The minimum atomic E-state index is -0.930. The Morgan fingerprint density at radius 1 is 1.22 bits per heavy atom. The fraction of sp³-hybridized carbons (Fsp3) is 0.594. The average molecular weight is 564 g/mol. The molecule has 1 aromatic heterocycles. The summed E-state index contributed by atoms with van der Waals surface area (Å²) in [6.07, 6.45) is 5.98. The van der Waals surface area contributed by atoms with Crippen LogP contribution >= 0.6 is 0 Å². The summed E-state index contributed by atoms with van der Waals surface area (Å²) in [5, 5.41) is 16.4. The molecule has 2 aromatic rings. The second-order valence-corrected chi connectivity index (χ2v) is 12.3. The summed E-state index contributed by atoms with van der Waals surface area (Å²) in [7, 11) is 0. The number of aromatic nitrogens is 1. The van der Waals surface area contributed by atoms with Crippen LogP contribution in [0.2, 0.25) is 0 Å². The fourth-order valence-electron chi connectivity index (χ4n) is 6.33. The minimum absolute atomic E-state index is 0.0468. The second-order valence-electron chi connectivity index (χ2n) is 12.3. The highest BCUT2D eigenvalue weighted by Crippen LogP contribution is 2.27. The van der Waals surface area contributed by atoms with Gasteiger partial charge >= 0.3 is 5.97 Å². The van der Waals surface area contributed by atoms with Gasteiger partial charge < -0.3 is 30.3 Å². The first-order valence-electron chi connectivity index (χ1n) is 15.2. The lowest BCUT2D eigenvalue weighted by Gasteiger charge is -2.39. The van der Waals surface area contributed by atoms with Gasteiger partial charge in [-0.3, -0.25) is 9.59 Å². The number of carboxylic acids is 1. The van der Waals surface area contributed by atoms with E-state index in [2.05, 4.69) is 46.4 Å². The topological polar surface area (TPSA) is 107 Å². The number of carbonyl (C=O) groups is 2. The number of nitrogens with zero attached hydrogens (tertiary/aromatic N) is 3. The number of morpholine rings is 1. The lowest BCUT2D eigenvalue weighted by atomic mass is 9.95. The number of aliphatic carboxylic acids is 1. The first-order chi connectivity index (χ1) is 19.8. The molecule has 2 fully saturated rings. The molecule has 1 aromatic carbocycles. The number of anilines is 2. The van der Waals surface area contributed by atoms with Crippen LogP contribution in [0, 0.1) is 5.92 Å².